The molecule has 0 saturated carbocycles. The molecule has 0 atom stereocenters. The molecule has 3 rings (SSSR count). The van der Waals surface area contributed by atoms with Gasteiger partial charge < -0.3 is 9.47 Å². The van der Waals surface area contributed by atoms with E-state index in [1.165, 1.54) is 24.3 Å². The van der Waals surface area contributed by atoms with E-state index in [4.69, 9.17) is 9.47 Å². The van der Waals surface area contributed by atoms with Gasteiger partial charge in [0, 0.05) is 24.3 Å². The molecule has 0 heterocycles. The largest absolute Gasteiger partial charge is 0.490 e. The van der Waals surface area contributed by atoms with E-state index in [-0.39, 0.29) is 11.4 Å². The summed E-state index contributed by atoms with van der Waals surface area (Å²) < 4.78 is 11.1. The molecule has 0 saturated heterocycles. The molecular weight excluding hydrogens is 416 g/mol. The number of nitrogens with zero attached hydrogens (tertiary/aromatic N) is 3. The number of nitro benzene ring substituents is 2. The Labute approximate surface area is 183 Å². The molecule has 0 bridgehead atoms. The van der Waals surface area contributed by atoms with Crippen LogP contribution in [0.25, 0.3) is 0 Å². The lowest BCUT2D eigenvalue weighted by Gasteiger charge is -2.09. The van der Waals surface area contributed by atoms with Crippen LogP contribution < -0.4 is 14.9 Å². The molecular formula is C22H20N4O6. The van der Waals surface area contributed by atoms with Gasteiger partial charge in [0.05, 0.1) is 21.2 Å². The normalized spacial score (nSPS) is 11.0. The summed E-state index contributed by atoms with van der Waals surface area (Å²) in [4.78, 5) is 20.4. The molecule has 0 radical (unpaired) electrons. The third kappa shape index (κ3) is 6.26. The molecule has 0 unspecified atom stereocenters. The van der Waals surface area contributed by atoms with Crippen molar-refractivity contribution < 1.29 is 19.3 Å². The zero-order chi connectivity index (χ0) is 22.9. The summed E-state index contributed by atoms with van der Waals surface area (Å²) in [5.41, 5.74) is 5.16. The second-order valence-electron chi connectivity index (χ2n) is 6.59. The number of nitrogens with one attached hydrogen (secondary N) is 1. The molecule has 1 N–H and O–H groups in total. The van der Waals surface area contributed by atoms with Gasteiger partial charge in [-0.05, 0) is 61.0 Å². The lowest BCUT2D eigenvalue weighted by atomic mass is 10.1. The van der Waals surface area contributed by atoms with Crippen molar-refractivity contribution in [3.05, 3.63) is 98.6 Å². The molecule has 10 heteroatoms. The first-order valence-electron chi connectivity index (χ1n) is 9.57. The van der Waals surface area contributed by atoms with Crippen LogP contribution >= 0.6 is 0 Å². The number of rotatable bonds is 10. The summed E-state index contributed by atoms with van der Waals surface area (Å²) >= 11 is 0. The molecule has 10 nitrogen and oxygen atoms in total. The molecule has 0 aliphatic rings. The quantitative estimate of drug-likeness (QED) is 0.209. The van der Waals surface area contributed by atoms with Crippen LogP contribution in [0.4, 0.5) is 17.1 Å². The van der Waals surface area contributed by atoms with Crippen LogP contribution in [0.5, 0.6) is 11.5 Å². The predicted octanol–water partition coefficient (Wildman–Crippen LogP) is 4.80. The summed E-state index contributed by atoms with van der Waals surface area (Å²) in [6.45, 7) is 2.44. The van der Waals surface area contributed by atoms with Crippen molar-refractivity contribution in [3.63, 3.8) is 0 Å². The van der Waals surface area contributed by atoms with Gasteiger partial charge in [-0.15, -0.1) is 0 Å². The van der Waals surface area contributed by atoms with Crippen molar-refractivity contribution in [2.24, 2.45) is 5.10 Å². The van der Waals surface area contributed by atoms with E-state index >= 15 is 0 Å². The zero-order valence-electron chi connectivity index (χ0n) is 17.1. The Morgan fingerprint density at radius 1 is 0.781 bits per heavy atom. The van der Waals surface area contributed by atoms with E-state index in [2.05, 4.69) is 10.5 Å². The Morgan fingerprint density at radius 3 is 1.69 bits per heavy atom. The van der Waals surface area contributed by atoms with Crippen molar-refractivity contribution in [2.45, 2.75) is 6.92 Å². The van der Waals surface area contributed by atoms with Gasteiger partial charge in [-0.1, -0.05) is 0 Å². The highest BCUT2D eigenvalue weighted by Crippen LogP contribution is 2.18. The van der Waals surface area contributed by atoms with Crippen LogP contribution in [0.2, 0.25) is 0 Å². The van der Waals surface area contributed by atoms with Crippen molar-refractivity contribution >= 4 is 22.8 Å². The van der Waals surface area contributed by atoms with Gasteiger partial charge in [0.15, 0.2) is 0 Å². The van der Waals surface area contributed by atoms with Gasteiger partial charge >= 0.3 is 0 Å². The lowest BCUT2D eigenvalue weighted by molar-refractivity contribution is -0.385. The Balaban J connectivity index is 1.45. The Morgan fingerprint density at radius 2 is 1.22 bits per heavy atom. The average Bonchev–Trinajstić information content (AvgIpc) is 2.81. The number of hydrogen-bond donors (Lipinski definition) is 1. The minimum absolute atomic E-state index is 0.00969. The minimum atomic E-state index is -0.464. The molecule has 0 spiro atoms. The number of nitro groups is 2. The summed E-state index contributed by atoms with van der Waals surface area (Å²) in [5.74, 6) is 1.19. The van der Waals surface area contributed by atoms with Crippen LogP contribution in [-0.2, 0) is 0 Å². The highest BCUT2D eigenvalue weighted by Gasteiger charge is 2.05. The second kappa shape index (κ2) is 10.5. The Kier molecular flexibility index (Phi) is 7.31. The van der Waals surface area contributed by atoms with Crippen molar-refractivity contribution in [3.8, 4) is 11.5 Å². The van der Waals surface area contributed by atoms with Gasteiger partial charge in [-0.25, -0.2) is 0 Å². The standard InChI is InChI=1S/C22H20N4O6/c1-16(23-24-18-4-6-19(7-5-18)25(27)28)17-2-10-21(11-3-17)31-14-15-32-22-12-8-20(9-13-22)26(29)30/h2-13,24H,14-15H2,1H3/b23-16+. The monoisotopic (exact) mass is 436 g/mol. The third-order valence-electron chi connectivity index (χ3n) is 4.37. The SMILES string of the molecule is C/C(=N\Nc1ccc([N+](=O)[O-])cc1)c1ccc(OCCOc2ccc([N+](=O)[O-])cc2)cc1. The third-order valence-corrected chi connectivity index (χ3v) is 4.37. The highest BCUT2D eigenvalue weighted by molar-refractivity contribution is 5.99. The topological polar surface area (TPSA) is 129 Å². The van der Waals surface area contributed by atoms with Gasteiger partial charge in [0.25, 0.3) is 11.4 Å². The van der Waals surface area contributed by atoms with Crippen LogP contribution in [0.1, 0.15) is 12.5 Å². The maximum absolute atomic E-state index is 10.7. The molecule has 0 aliphatic carbocycles. The van der Waals surface area contributed by atoms with E-state index < -0.39 is 9.85 Å². The molecule has 0 amide bonds. The summed E-state index contributed by atoms with van der Waals surface area (Å²) in [7, 11) is 0. The highest BCUT2D eigenvalue weighted by atomic mass is 16.6. The second-order valence-corrected chi connectivity index (χ2v) is 6.59. The predicted molar refractivity (Wildman–Crippen MR) is 119 cm³/mol. The maximum atomic E-state index is 10.7. The fraction of sp³-hybridized carbons (Fsp3) is 0.136. The summed E-state index contributed by atoms with van der Waals surface area (Å²) in [5, 5.41) is 25.6. The number of benzene rings is 3. The van der Waals surface area contributed by atoms with E-state index in [0.717, 1.165) is 11.3 Å². The smallest absolute Gasteiger partial charge is 0.269 e. The number of hydrazone groups is 1. The van der Waals surface area contributed by atoms with Crippen molar-refractivity contribution in [2.75, 3.05) is 18.6 Å². The first-order valence-corrected chi connectivity index (χ1v) is 9.57. The lowest BCUT2D eigenvalue weighted by Crippen LogP contribution is -2.09. The first-order chi connectivity index (χ1) is 15.4. The fourth-order valence-corrected chi connectivity index (χ4v) is 2.65. The molecule has 3 aromatic carbocycles. The summed E-state index contributed by atoms with van der Waals surface area (Å²) in [6, 6.07) is 19.2. The Hall–Kier alpha value is -4.47. The van der Waals surface area contributed by atoms with E-state index in [1.54, 1.807) is 24.3 Å². The van der Waals surface area contributed by atoms with Crippen LogP contribution in [0.3, 0.4) is 0 Å². The van der Waals surface area contributed by atoms with Crippen molar-refractivity contribution in [1.29, 1.82) is 0 Å². The van der Waals surface area contributed by atoms with Gasteiger partial charge in [0.2, 0.25) is 0 Å². The van der Waals surface area contributed by atoms with Gasteiger partial charge in [-0.2, -0.15) is 5.10 Å². The maximum Gasteiger partial charge on any atom is 0.269 e. The minimum Gasteiger partial charge on any atom is -0.490 e. The van der Waals surface area contributed by atoms with E-state index in [9.17, 15) is 20.2 Å². The average molecular weight is 436 g/mol. The number of hydrogen-bond acceptors (Lipinski definition) is 8. The van der Waals surface area contributed by atoms with Crippen molar-refractivity contribution in [1.82, 2.24) is 0 Å². The number of ether oxygens (including phenoxy) is 2. The first kappa shape index (κ1) is 22.2. The fourth-order valence-electron chi connectivity index (χ4n) is 2.65. The van der Waals surface area contributed by atoms with Crippen LogP contribution in [-0.4, -0.2) is 28.8 Å². The zero-order valence-corrected chi connectivity index (χ0v) is 17.1. The number of non-ortho nitro benzene ring substituents is 2. The molecule has 164 valence electrons. The molecule has 0 aliphatic heterocycles. The molecule has 32 heavy (non-hydrogen) atoms. The van der Waals surface area contributed by atoms with Gasteiger partial charge in [-0.3, -0.25) is 25.7 Å². The molecule has 0 aromatic heterocycles. The molecule has 0 fully saturated rings. The van der Waals surface area contributed by atoms with E-state index in [1.807, 2.05) is 31.2 Å². The van der Waals surface area contributed by atoms with E-state index in [0.29, 0.717) is 30.4 Å². The number of anilines is 1. The van der Waals surface area contributed by atoms with Crippen LogP contribution in [0, 0.1) is 20.2 Å². The van der Waals surface area contributed by atoms with Gasteiger partial charge in [0.1, 0.15) is 24.7 Å². The summed E-state index contributed by atoms with van der Waals surface area (Å²) in [6.07, 6.45) is 0. The van der Waals surface area contributed by atoms with Crippen LogP contribution in [0.15, 0.2) is 77.9 Å². The molecule has 3 aromatic rings. The Bertz CT molecular complexity index is 1100.